The number of carbonyl (C=O) groups excluding carboxylic acids is 3. The summed E-state index contributed by atoms with van der Waals surface area (Å²) in [4.78, 5) is 33.8. The lowest BCUT2D eigenvalue weighted by molar-refractivity contribution is -0.117. The Labute approximate surface area is 162 Å². The number of hydrogen-bond donors (Lipinski definition) is 3. The van der Waals surface area contributed by atoms with E-state index >= 15 is 0 Å². The predicted octanol–water partition coefficient (Wildman–Crippen LogP) is 1.45. The quantitative estimate of drug-likeness (QED) is 0.639. The number of benzene rings is 2. The van der Waals surface area contributed by atoms with Gasteiger partial charge in [-0.25, -0.2) is 8.42 Å². The molecule has 0 atom stereocenters. The molecule has 0 radical (unpaired) electrons. The van der Waals surface area contributed by atoms with Crippen LogP contribution in [0.5, 0.6) is 0 Å². The van der Waals surface area contributed by atoms with Gasteiger partial charge in [-0.05, 0) is 42.5 Å². The highest BCUT2D eigenvalue weighted by atomic mass is 32.2. The van der Waals surface area contributed by atoms with E-state index < -0.39 is 38.0 Å². The fourth-order valence-corrected chi connectivity index (χ4v) is 2.89. The molecule has 3 amide bonds. The summed E-state index contributed by atoms with van der Waals surface area (Å²) < 4.78 is 60.3. The second-order valence-corrected chi connectivity index (χ2v) is 7.60. The molecule has 29 heavy (non-hydrogen) atoms. The van der Waals surface area contributed by atoms with E-state index in [1.807, 2.05) is 0 Å². The van der Waals surface area contributed by atoms with Crippen molar-refractivity contribution in [3.63, 3.8) is 0 Å². The van der Waals surface area contributed by atoms with Gasteiger partial charge in [0.25, 0.3) is 21.7 Å². The van der Waals surface area contributed by atoms with Crippen LogP contribution in [0, 0.1) is 0 Å². The number of amides is 3. The van der Waals surface area contributed by atoms with E-state index in [2.05, 4.69) is 10.6 Å². The van der Waals surface area contributed by atoms with Crippen LogP contribution < -0.4 is 16.4 Å². The van der Waals surface area contributed by atoms with E-state index in [1.165, 1.54) is 24.3 Å². The second-order valence-electron chi connectivity index (χ2n) is 5.66. The number of halogens is 3. The fourth-order valence-electron chi connectivity index (χ4n) is 2.13. The van der Waals surface area contributed by atoms with Crippen LogP contribution >= 0.6 is 0 Å². The lowest BCUT2D eigenvalue weighted by Crippen LogP contribution is -2.33. The van der Waals surface area contributed by atoms with E-state index in [4.69, 9.17) is 5.73 Å². The third-order valence-electron chi connectivity index (χ3n) is 3.54. The smallest absolute Gasteiger partial charge is 0.368 e. The largest absolute Gasteiger partial charge is 0.501 e. The first-order valence-electron chi connectivity index (χ1n) is 7.81. The number of nitrogens with one attached hydrogen (secondary N) is 2. The predicted molar refractivity (Wildman–Crippen MR) is 95.6 cm³/mol. The molecule has 0 saturated heterocycles. The van der Waals surface area contributed by atoms with Gasteiger partial charge in [-0.3, -0.25) is 14.4 Å². The van der Waals surface area contributed by atoms with Crippen LogP contribution in [0.25, 0.3) is 0 Å². The van der Waals surface area contributed by atoms with Crippen molar-refractivity contribution in [3.8, 4) is 0 Å². The molecule has 0 bridgehead atoms. The van der Waals surface area contributed by atoms with Gasteiger partial charge >= 0.3 is 5.51 Å². The van der Waals surface area contributed by atoms with Gasteiger partial charge in [0.2, 0.25) is 5.91 Å². The first-order valence-corrected chi connectivity index (χ1v) is 9.29. The molecule has 154 valence electrons. The molecule has 0 saturated carbocycles. The molecule has 0 aromatic heterocycles. The Morgan fingerprint density at radius 3 is 2.10 bits per heavy atom. The van der Waals surface area contributed by atoms with E-state index in [1.54, 1.807) is 0 Å². The fraction of sp³-hybridized carbons (Fsp3) is 0.118. The Kier molecular flexibility index (Phi) is 6.27. The van der Waals surface area contributed by atoms with Crippen LogP contribution in [0.15, 0.2) is 53.4 Å². The maximum atomic E-state index is 12.5. The van der Waals surface area contributed by atoms with E-state index in [9.17, 15) is 36.0 Å². The first-order chi connectivity index (χ1) is 13.4. The van der Waals surface area contributed by atoms with Crippen molar-refractivity contribution in [2.24, 2.45) is 5.73 Å². The summed E-state index contributed by atoms with van der Waals surface area (Å²) in [5.74, 6) is -2.09. The molecular formula is C17H14F3N3O5S. The number of sulfone groups is 1. The Morgan fingerprint density at radius 2 is 1.55 bits per heavy atom. The molecule has 0 aliphatic rings. The minimum atomic E-state index is -5.51. The standard InChI is InChI=1S/C17H14F3N3O5S/c18-17(19,20)29(27,28)13-6-4-10(5-7-13)16(26)23-12-3-1-2-11(8-12)15(25)22-9-14(21)24/h1-8H,9H2,(H2,21,24)(H,22,25)(H,23,26). The first kappa shape index (κ1) is 21.9. The van der Waals surface area contributed by atoms with E-state index in [-0.39, 0.29) is 23.4 Å². The molecule has 12 heteroatoms. The molecule has 0 aliphatic heterocycles. The monoisotopic (exact) mass is 429 g/mol. The van der Waals surface area contributed by atoms with E-state index in [0.29, 0.717) is 12.1 Å². The molecule has 8 nitrogen and oxygen atoms in total. The molecule has 4 N–H and O–H groups in total. The van der Waals surface area contributed by atoms with Crippen LogP contribution in [0.2, 0.25) is 0 Å². The molecule has 2 rings (SSSR count). The zero-order chi connectivity index (χ0) is 21.8. The zero-order valence-corrected chi connectivity index (χ0v) is 15.3. The molecule has 0 unspecified atom stereocenters. The maximum absolute atomic E-state index is 12.5. The number of rotatable bonds is 6. The molecule has 0 fully saturated rings. The molecular weight excluding hydrogens is 415 g/mol. The van der Waals surface area contributed by atoms with Crippen molar-refractivity contribution in [1.29, 1.82) is 0 Å². The number of anilines is 1. The normalized spacial score (nSPS) is 11.6. The number of alkyl halides is 3. The average Bonchev–Trinajstić information content (AvgIpc) is 2.65. The molecule has 0 heterocycles. The highest BCUT2D eigenvalue weighted by Crippen LogP contribution is 2.30. The number of primary amides is 1. The van der Waals surface area contributed by atoms with Crippen LogP contribution in [0.1, 0.15) is 20.7 Å². The van der Waals surface area contributed by atoms with Gasteiger partial charge < -0.3 is 16.4 Å². The Bertz CT molecular complexity index is 1050. The van der Waals surface area contributed by atoms with Crippen LogP contribution in [0.3, 0.4) is 0 Å². The van der Waals surface area contributed by atoms with Crippen molar-refractivity contribution >= 4 is 33.2 Å². The summed E-state index contributed by atoms with van der Waals surface area (Å²) in [6.45, 7) is -0.372. The Hall–Kier alpha value is -3.41. The highest BCUT2D eigenvalue weighted by Gasteiger charge is 2.46. The number of hydrogen-bond acceptors (Lipinski definition) is 5. The van der Waals surface area contributed by atoms with Gasteiger partial charge in [-0.1, -0.05) is 6.07 Å². The molecule has 2 aromatic rings. The summed E-state index contributed by atoms with van der Waals surface area (Å²) in [6.07, 6.45) is 0. The van der Waals surface area contributed by atoms with Crippen LogP contribution in [-0.4, -0.2) is 38.2 Å². The Morgan fingerprint density at radius 1 is 0.931 bits per heavy atom. The molecule has 0 aliphatic carbocycles. The van der Waals surface area contributed by atoms with Gasteiger partial charge in [0.15, 0.2) is 0 Å². The van der Waals surface area contributed by atoms with Crippen molar-refractivity contribution in [3.05, 3.63) is 59.7 Å². The highest BCUT2D eigenvalue weighted by molar-refractivity contribution is 7.92. The topological polar surface area (TPSA) is 135 Å². The minimum absolute atomic E-state index is 0.102. The van der Waals surface area contributed by atoms with Gasteiger partial charge in [-0.2, -0.15) is 13.2 Å². The van der Waals surface area contributed by atoms with Crippen molar-refractivity contribution in [1.82, 2.24) is 5.32 Å². The van der Waals surface area contributed by atoms with E-state index in [0.717, 1.165) is 12.1 Å². The summed E-state index contributed by atoms with van der Waals surface area (Å²) in [6, 6.07) is 8.82. The van der Waals surface area contributed by atoms with Crippen molar-refractivity contribution in [2.75, 3.05) is 11.9 Å². The zero-order valence-electron chi connectivity index (χ0n) is 14.5. The summed E-state index contributed by atoms with van der Waals surface area (Å²) in [5, 5.41) is 4.69. The summed E-state index contributed by atoms with van der Waals surface area (Å²) in [7, 11) is -5.51. The number of carbonyl (C=O) groups is 3. The lowest BCUT2D eigenvalue weighted by atomic mass is 10.1. The average molecular weight is 429 g/mol. The van der Waals surface area contributed by atoms with Crippen LogP contribution in [0.4, 0.5) is 18.9 Å². The van der Waals surface area contributed by atoms with Gasteiger partial charge in [0.05, 0.1) is 11.4 Å². The van der Waals surface area contributed by atoms with Gasteiger partial charge in [-0.15, -0.1) is 0 Å². The SMILES string of the molecule is NC(=O)CNC(=O)c1cccc(NC(=O)c2ccc(S(=O)(=O)C(F)(F)F)cc2)c1. The van der Waals surface area contributed by atoms with Crippen LogP contribution in [-0.2, 0) is 14.6 Å². The summed E-state index contributed by atoms with van der Waals surface area (Å²) in [5.41, 5.74) is -0.315. The summed E-state index contributed by atoms with van der Waals surface area (Å²) >= 11 is 0. The Balaban J connectivity index is 2.14. The van der Waals surface area contributed by atoms with Gasteiger partial charge in [0, 0.05) is 16.8 Å². The molecule has 0 spiro atoms. The second kappa shape index (κ2) is 8.31. The van der Waals surface area contributed by atoms with Crippen molar-refractivity contribution < 1.29 is 36.0 Å². The third-order valence-corrected chi connectivity index (χ3v) is 5.04. The van der Waals surface area contributed by atoms with Crippen molar-refractivity contribution in [2.45, 2.75) is 10.4 Å². The lowest BCUT2D eigenvalue weighted by Gasteiger charge is -2.10. The third kappa shape index (κ3) is 5.31. The number of nitrogens with two attached hydrogens (primary N) is 1. The maximum Gasteiger partial charge on any atom is 0.501 e. The molecule has 2 aromatic carbocycles. The van der Waals surface area contributed by atoms with Gasteiger partial charge in [0.1, 0.15) is 0 Å². The minimum Gasteiger partial charge on any atom is -0.368 e.